The van der Waals surface area contributed by atoms with Crippen LogP contribution < -0.4 is 0 Å². The molecule has 0 radical (unpaired) electrons. The zero-order chi connectivity index (χ0) is 18.9. The van der Waals surface area contributed by atoms with E-state index in [1.165, 1.54) is 0 Å². The summed E-state index contributed by atoms with van der Waals surface area (Å²) >= 11 is 0. The first-order chi connectivity index (χ1) is 11.2. The second kappa shape index (κ2) is 11.0. The fourth-order valence-corrected chi connectivity index (χ4v) is 1.56. The van der Waals surface area contributed by atoms with E-state index < -0.39 is 0 Å². The molecular formula is C19H35N3O2. The molecule has 0 N–H and O–H groups in total. The van der Waals surface area contributed by atoms with Gasteiger partial charge in [0.15, 0.2) is 5.82 Å². The van der Waals surface area contributed by atoms with Gasteiger partial charge >= 0.3 is 0 Å². The maximum Gasteiger partial charge on any atom is 0.229 e. The van der Waals surface area contributed by atoms with Gasteiger partial charge in [-0.2, -0.15) is 4.98 Å². The number of aromatic nitrogens is 3. The topological polar surface area (TPSA) is 65.0 Å². The minimum absolute atomic E-state index is 0.329. The van der Waals surface area contributed by atoms with Crippen LogP contribution in [0.2, 0.25) is 0 Å². The summed E-state index contributed by atoms with van der Waals surface area (Å²) < 4.78 is 10.2. The highest BCUT2D eigenvalue weighted by Gasteiger charge is 2.11. The monoisotopic (exact) mass is 337 g/mol. The smallest absolute Gasteiger partial charge is 0.229 e. The third-order valence-corrected chi connectivity index (χ3v) is 3.17. The van der Waals surface area contributed by atoms with E-state index in [4.69, 9.17) is 9.05 Å². The van der Waals surface area contributed by atoms with Gasteiger partial charge < -0.3 is 9.05 Å². The molecule has 0 unspecified atom stereocenters. The third kappa shape index (κ3) is 7.28. The van der Waals surface area contributed by atoms with Gasteiger partial charge in [-0.15, -0.1) is 0 Å². The summed E-state index contributed by atoms with van der Waals surface area (Å²) in [7, 11) is 0. The highest BCUT2D eigenvalue weighted by Crippen LogP contribution is 2.19. The van der Waals surface area contributed by atoms with Crippen LogP contribution in [0.3, 0.4) is 0 Å². The molecule has 0 spiro atoms. The fourth-order valence-electron chi connectivity index (χ4n) is 1.56. The van der Waals surface area contributed by atoms with Gasteiger partial charge in [0, 0.05) is 23.8 Å². The van der Waals surface area contributed by atoms with E-state index in [1.54, 1.807) is 0 Å². The molecule has 0 bridgehead atoms. The molecule has 0 aliphatic rings. The zero-order valence-corrected chi connectivity index (χ0v) is 17.0. The molecule has 0 saturated carbocycles. The van der Waals surface area contributed by atoms with Gasteiger partial charge in [-0.3, -0.25) is 0 Å². The largest absolute Gasteiger partial charge is 0.361 e. The second-order valence-electron chi connectivity index (χ2n) is 6.76. The van der Waals surface area contributed by atoms with Crippen molar-refractivity contribution in [2.24, 2.45) is 0 Å². The Bertz CT molecular complexity index is 459. The summed E-state index contributed by atoms with van der Waals surface area (Å²) in [5.74, 6) is 4.10. The molecule has 5 heteroatoms. The normalized spacial score (nSPS) is 10.8. The van der Waals surface area contributed by atoms with Gasteiger partial charge in [0.25, 0.3) is 0 Å². The molecule has 5 nitrogen and oxygen atoms in total. The van der Waals surface area contributed by atoms with Crippen LogP contribution in [0.4, 0.5) is 0 Å². The minimum atomic E-state index is 0.329. The van der Waals surface area contributed by atoms with Crippen LogP contribution in [0.5, 0.6) is 0 Å². The molecule has 0 aliphatic carbocycles. The number of hydrogen-bond donors (Lipinski definition) is 0. The van der Waals surface area contributed by atoms with E-state index in [9.17, 15) is 0 Å². The van der Waals surface area contributed by atoms with Crippen LogP contribution in [0.1, 0.15) is 116 Å². The average Bonchev–Trinajstić information content (AvgIpc) is 3.19. The molecule has 138 valence electrons. The van der Waals surface area contributed by atoms with Crippen LogP contribution in [0.25, 0.3) is 0 Å². The Morgan fingerprint density at radius 1 is 0.708 bits per heavy atom. The van der Waals surface area contributed by atoms with E-state index in [2.05, 4.69) is 56.8 Å². The standard InChI is InChI=1S/C9H15NO.C8H14N2O.C2H6/c1-6(2)8-5-9(7(3)4)11-10-8;1-5(2)7-9-8(6(3)4)11-10-7;1-2/h5-7H,1-4H3;5-6H,1-4H3;1-2H3. The first kappa shape index (κ1) is 22.4. The van der Waals surface area contributed by atoms with Gasteiger partial charge in [0.05, 0.1) is 5.69 Å². The molecule has 0 aromatic carbocycles. The Morgan fingerprint density at radius 3 is 1.54 bits per heavy atom. The average molecular weight is 338 g/mol. The van der Waals surface area contributed by atoms with E-state index in [1.807, 2.05) is 33.8 Å². The van der Waals surface area contributed by atoms with Crippen molar-refractivity contribution in [2.45, 2.75) is 92.9 Å². The van der Waals surface area contributed by atoms with E-state index in [0.717, 1.165) is 23.2 Å². The predicted octanol–water partition coefficient (Wildman–Crippen LogP) is 6.26. The highest BCUT2D eigenvalue weighted by atomic mass is 16.5. The third-order valence-electron chi connectivity index (χ3n) is 3.17. The highest BCUT2D eigenvalue weighted by molar-refractivity contribution is 5.11. The van der Waals surface area contributed by atoms with Crippen molar-refractivity contribution in [2.75, 3.05) is 0 Å². The van der Waals surface area contributed by atoms with Gasteiger partial charge in [-0.1, -0.05) is 79.6 Å². The van der Waals surface area contributed by atoms with E-state index >= 15 is 0 Å². The SMILES string of the molecule is CC.CC(C)c1cc(C(C)C)on1.CC(C)c1noc(C(C)C)n1. The fraction of sp³-hybridized carbons (Fsp3) is 0.737. The first-order valence-corrected chi connectivity index (χ1v) is 9.02. The Kier molecular flexibility index (Phi) is 10.2. The maximum atomic E-state index is 5.14. The number of hydrogen-bond acceptors (Lipinski definition) is 5. The predicted molar refractivity (Wildman–Crippen MR) is 98.5 cm³/mol. The zero-order valence-electron chi connectivity index (χ0n) is 17.0. The van der Waals surface area contributed by atoms with Crippen LogP contribution >= 0.6 is 0 Å². The molecule has 2 rings (SSSR count). The summed E-state index contributed by atoms with van der Waals surface area (Å²) in [5.41, 5.74) is 1.05. The van der Waals surface area contributed by atoms with Gasteiger partial charge in [-0.05, 0) is 5.92 Å². The minimum Gasteiger partial charge on any atom is -0.361 e. The Balaban J connectivity index is 0.000000400. The summed E-state index contributed by atoms with van der Waals surface area (Å²) in [5, 5.41) is 7.81. The molecular weight excluding hydrogens is 302 g/mol. The van der Waals surface area contributed by atoms with Gasteiger partial charge in [-0.25, -0.2) is 0 Å². The molecule has 2 aromatic rings. The van der Waals surface area contributed by atoms with Gasteiger partial charge in [0.2, 0.25) is 5.89 Å². The molecule has 2 heterocycles. The molecule has 0 saturated heterocycles. The van der Waals surface area contributed by atoms with Crippen molar-refractivity contribution in [3.05, 3.63) is 29.2 Å². The van der Waals surface area contributed by atoms with Crippen molar-refractivity contribution in [3.63, 3.8) is 0 Å². The quantitative estimate of drug-likeness (QED) is 0.658. The molecule has 2 aromatic heterocycles. The summed E-state index contributed by atoms with van der Waals surface area (Å²) in [6.07, 6.45) is 0. The van der Waals surface area contributed by atoms with Crippen molar-refractivity contribution < 1.29 is 9.05 Å². The van der Waals surface area contributed by atoms with Crippen LogP contribution in [0, 0.1) is 0 Å². The van der Waals surface area contributed by atoms with E-state index in [0.29, 0.717) is 23.7 Å². The lowest BCUT2D eigenvalue weighted by Gasteiger charge is -1.95. The Labute approximate surface area is 147 Å². The van der Waals surface area contributed by atoms with Crippen molar-refractivity contribution in [3.8, 4) is 0 Å². The van der Waals surface area contributed by atoms with Crippen LogP contribution in [-0.4, -0.2) is 15.3 Å². The Hall–Kier alpha value is -1.65. The number of rotatable bonds is 4. The second-order valence-corrected chi connectivity index (χ2v) is 6.76. The summed E-state index contributed by atoms with van der Waals surface area (Å²) in [4.78, 5) is 4.23. The molecule has 0 atom stereocenters. The van der Waals surface area contributed by atoms with Crippen LogP contribution in [-0.2, 0) is 0 Å². The molecule has 0 amide bonds. The van der Waals surface area contributed by atoms with Crippen molar-refractivity contribution in [1.29, 1.82) is 0 Å². The molecule has 0 fully saturated rings. The molecule has 24 heavy (non-hydrogen) atoms. The van der Waals surface area contributed by atoms with Crippen molar-refractivity contribution in [1.82, 2.24) is 15.3 Å². The summed E-state index contributed by atoms with van der Waals surface area (Å²) in [6.45, 7) is 20.6. The Morgan fingerprint density at radius 2 is 1.29 bits per heavy atom. The lowest BCUT2D eigenvalue weighted by Crippen LogP contribution is -1.91. The lowest BCUT2D eigenvalue weighted by molar-refractivity contribution is 0.359. The van der Waals surface area contributed by atoms with Crippen LogP contribution in [0.15, 0.2) is 15.1 Å². The number of nitrogens with zero attached hydrogens (tertiary/aromatic N) is 3. The van der Waals surface area contributed by atoms with Gasteiger partial charge in [0.1, 0.15) is 5.76 Å². The van der Waals surface area contributed by atoms with Crippen molar-refractivity contribution >= 4 is 0 Å². The lowest BCUT2D eigenvalue weighted by atomic mass is 10.1. The first-order valence-electron chi connectivity index (χ1n) is 9.02. The molecule has 0 aliphatic heterocycles. The maximum absolute atomic E-state index is 5.14. The van der Waals surface area contributed by atoms with E-state index in [-0.39, 0.29) is 0 Å². The summed E-state index contributed by atoms with van der Waals surface area (Å²) in [6, 6.07) is 2.04.